The van der Waals surface area contributed by atoms with Crippen LogP contribution in [0.4, 0.5) is 4.79 Å². The molecule has 2 unspecified atom stereocenters. The lowest BCUT2D eigenvalue weighted by Crippen LogP contribution is -2.52. The van der Waals surface area contributed by atoms with Crippen LogP contribution in [-0.2, 0) is 14.3 Å². The lowest BCUT2D eigenvalue weighted by molar-refractivity contribution is -0.144. The van der Waals surface area contributed by atoms with Gasteiger partial charge in [0.05, 0.1) is 13.7 Å². The molecule has 0 aromatic rings. The zero-order valence-electron chi connectivity index (χ0n) is 9.96. The summed E-state index contributed by atoms with van der Waals surface area (Å²) in [6.45, 7) is -0.360. The number of nitrogens with zero attached hydrogens (tertiary/aromatic N) is 1. The zero-order valence-corrected chi connectivity index (χ0v) is 9.96. The largest absolute Gasteiger partial charge is 0.480 e. The number of carboxylic acids is 1. The number of hydrogen-bond acceptors (Lipinski definition) is 5. The summed E-state index contributed by atoms with van der Waals surface area (Å²) in [5.74, 6) is -1.86. The fourth-order valence-corrected chi connectivity index (χ4v) is 1.81. The molecule has 8 heteroatoms. The van der Waals surface area contributed by atoms with Crippen LogP contribution in [0.2, 0.25) is 0 Å². The average molecular weight is 260 g/mol. The van der Waals surface area contributed by atoms with Crippen molar-refractivity contribution in [1.82, 2.24) is 10.2 Å². The second-order valence-electron chi connectivity index (χ2n) is 3.90. The Kier molecular flexibility index (Phi) is 4.90. The minimum absolute atomic E-state index is 0.351. The number of esters is 1. The number of amides is 2. The van der Waals surface area contributed by atoms with Crippen LogP contribution < -0.4 is 5.32 Å². The number of urea groups is 1. The van der Waals surface area contributed by atoms with E-state index in [-0.39, 0.29) is 0 Å². The number of carbonyl (C=O) groups is 3. The summed E-state index contributed by atoms with van der Waals surface area (Å²) < 4.78 is 4.57. The molecule has 0 spiro atoms. The number of aliphatic hydroxyl groups excluding tert-OH is 1. The number of hydrogen-bond donors (Lipinski definition) is 3. The van der Waals surface area contributed by atoms with Crippen molar-refractivity contribution in [3.8, 4) is 0 Å². The molecule has 0 bridgehead atoms. The van der Waals surface area contributed by atoms with Gasteiger partial charge in [0.15, 0.2) is 6.04 Å². The number of nitrogens with one attached hydrogen (secondary N) is 1. The van der Waals surface area contributed by atoms with Gasteiger partial charge in [0, 0.05) is 6.54 Å². The number of ether oxygens (including phenoxy) is 1. The molecular formula is C10H16N2O6. The second kappa shape index (κ2) is 6.20. The van der Waals surface area contributed by atoms with Gasteiger partial charge in [-0.1, -0.05) is 0 Å². The smallest absolute Gasteiger partial charge is 0.328 e. The van der Waals surface area contributed by atoms with E-state index in [0.717, 1.165) is 0 Å². The second-order valence-corrected chi connectivity index (χ2v) is 3.90. The maximum Gasteiger partial charge on any atom is 0.328 e. The van der Waals surface area contributed by atoms with E-state index in [1.165, 1.54) is 12.0 Å². The van der Waals surface area contributed by atoms with Crippen molar-refractivity contribution < 1.29 is 29.3 Å². The van der Waals surface area contributed by atoms with E-state index < -0.39 is 36.7 Å². The molecule has 3 N–H and O–H groups in total. The fraction of sp³-hybridized carbons (Fsp3) is 0.700. The Morgan fingerprint density at radius 1 is 1.50 bits per heavy atom. The molecule has 0 radical (unpaired) electrons. The third-order valence-corrected chi connectivity index (χ3v) is 2.77. The minimum atomic E-state index is -1.38. The van der Waals surface area contributed by atoms with Crippen LogP contribution in [0.15, 0.2) is 0 Å². The van der Waals surface area contributed by atoms with Crippen LogP contribution >= 0.6 is 0 Å². The molecule has 2 amide bonds. The van der Waals surface area contributed by atoms with E-state index in [1.54, 1.807) is 0 Å². The highest BCUT2D eigenvalue weighted by molar-refractivity contribution is 5.87. The molecule has 18 heavy (non-hydrogen) atoms. The predicted octanol–water partition coefficient (Wildman–Crippen LogP) is -1.22. The van der Waals surface area contributed by atoms with Crippen molar-refractivity contribution in [2.24, 2.45) is 0 Å². The predicted molar refractivity (Wildman–Crippen MR) is 58.8 cm³/mol. The molecular weight excluding hydrogens is 244 g/mol. The standard InChI is InChI=1S/C10H16N2O6/c1-18-9(16)7-3-2-4-12(7)10(17)11-6(5-13)8(14)15/h6-7,13H,2-5H2,1H3,(H,11,17)(H,14,15). The number of methoxy groups -OCH3 is 1. The molecule has 8 nitrogen and oxygen atoms in total. The molecule has 1 rings (SSSR count). The van der Waals surface area contributed by atoms with Gasteiger partial charge in [0.2, 0.25) is 0 Å². The number of carboxylic acid groups (broad SMARTS) is 1. The molecule has 0 saturated carbocycles. The third kappa shape index (κ3) is 3.10. The molecule has 0 aromatic carbocycles. The maximum atomic E-state index is 11.8. The van der Waals surface area contributed by atoms with Gasteiger partial charge in [0.25, 0.3) is 0 Å². The monoisotopic (exact) mass is 260 g/mol. The van der Waals surface area contributed by atoms with Crippen molar-refractivity contribution in [2.45, 2.75) is 24.9 Å². The van der Waals surface area contributed by atoms with Gasteiger partial charge in [-0.05, 0) is 12.8 Å². The molecule has 1 aliphatic heterocycles. The molecule has 102 valence electrons. The Morgan fingerprint density at radius 3 is 2.67 bits per heavy atom. The van der Waals surface area contributed by atoms with Gasteiger partial charge in [-0.3, -0.25) is 0 Å². The highest BCUT2D eigenvalue weighted by Gasteiger charge is 2.36. The molecule has 1 fully saturated rings. The Morgan fingerprint density at radius 2 is 2.17 bits per heavy atom. The molecule has 1 heterocycles. The Bertz CT molecular complexity index is 345. The maximum absolute atomic E-state index is 11.8. The summed E-state index contributed by atoms with van der Waals surface area (Å²) in [4.78, 5) is 35.1. The Hall–Kier alpha value is -1.83. The highest BCUT2D eigenvalue weighted by atomic mass is 16.5. The number of aliphatic hydroxyl groups is 1. The van der Waals surface area contributed by atoms with Crippen molar-refractivity contribution in [3.63, 3.8) is 0 Å². The van der Waals surface area contributed by atoms with E-state index in [0.29, 0.717) is 19.4 Å². The first-order valence-electron chi connectivity index (χ1n) is 5.50. The number of carbonyl (C=O) groups excluding carboxylic acids is 2. The lowest BCUT2D eigenvalue weighted by Gasteiger charge is -2.24. The van der Waals surface area contributed by atoms with Crippen LogP contribution in [0.25, 0.3) is 0 Å². The van der Waals surface area contributed by atoms with E-state index in [9.17, 15) is 14.4 Å². The van der Waals surface area contributed by atoms with Gasteiger partial charge in [0.1, 0.15) is 6.04 Å². The third-order valence-electron chi connectivity index (χ3n) is 2.77. The van der Waals surface area contributed by atoms with Gasteiger partial charge in [-0.15, -0.1) is 0 Å². The van der Waals surface area contributed by atoms with Gasteiger partial charge in [-0.25, -0.2) is 14.4 Å². The lowest BCUT2D eigenvalue weighted by atomic mass is 10.2. The topological polar surface area (TPSA) is 116 Å². The molecule has 1 saturated heterocycles. The van der Waals surface area contributed by atoms with E-state index in [2.05, 4.69) is 10.1 Å². The van der Waals surface area contributed by atoms with Gasteiger partial charge >= 0.3 is 18.0 Å². The van der Waals surface area contributed by atoms with Crippen LogP contribution in [0.5, 0.6) is 0 Å². The number of likely N-dealkylation sites (tertiary alicyclic amines) is 1. The van der Waals surface area contributed by atoms with Crippen molar-refractivity contribution in [1.29, 1.82) is 0 Å². The van der Waals surface area contributed by atoms with Crippen LogP contribution in [0.1, 0.15) is 12.8 Å². The summed E-state index contributed by atoms with van der Waals surface area (Å²) in [6, 6.07) is -2.76. The summed E-state index contributed by atoms with van der Waals surface area (Å²) in [7, 11) is 1.23. The molecule has 0 aromatic heterocycles. The first-order chi connectivity index (χ1) is 8.51. The number of aliphatic carboxylic acids is 1. The van der Waals surface area contributed by atoms with Crippen LogP contribution in [0, 0.1) is 0 Å². The highest BCUT2D eigenvalue weighted by Crippen LogP contribution is 2.18. The molecule has 2 atom stereocenters. The normalized spacial score (nSPS) is 20.3. The van der Waals surface area contributed by atoms with E-state index in [4.69, 9.17) is 10.2 Å². The van der Waals surface area contributed by atoms with Crippen molar-refractivity contribution in [2.75, 3.05) is 20.3 Å². The van der Waals surface area contributed by atoms with Gasteiger partial charge < -0.3 is 25.2 Å². The van der Waals surface area contributed by atoms with Crippen molar-refractivity contribution >= 4 is 18.0 Å². The van der Waals surface area contributed by atoms with Crippen LogP contribution in [-0.4, -0.2) is 65.4 Å². The van der Waals surface area contributed by atoms with Gasteiger partial charge in [-0.2, -0.15) is 0 Å². The summed E-state index contributed by atoms with van der Waals surface area (Å²) in [6.07, 6.45) is 1.13. The molecule has 0 aliphatic carbocycles. The van der Waals surface area contributed by atoms with Crippen molar-refractivity contribution in [3.05, 3.63) is 0 Å². The Labute approximate surface area is 104 Å². The summed E-state index contributed by atoms with van der Waals surface area (Å²) in [5.41, 5.74) is 0. The van der Waals surface area contributed by atoms with Crippen LogP contribution in [0.3, 0.4) is 0 Å². The first-order valence-corrected chi connectivity index (χ1v) is 5.50. The quantitative estimate of drug-likeness (QED) is 0.545. The summed E-state index contributed by atoms with van der Waals surface area (Å²) in [5, 5.41) is 19.7. The SMILES string of the molecule is COC(=O)C1CCCN1C(=O)NC(CO)C(=O)O. The Balaban J connectivity index is 2.65. The fourth-order valence-electron chi connectivity index (χ4n) is 1.81. The minimum Gasteiger partial charge on any atom is -0.480 e. The zero-order chi connectivity index (χ0) is 13.7. The average Bonchev–Trinajstić information content (AvgIpc) is 2.83. The van der Waals surface area contributed by atoms with E-state index >= 15 is 0 Å². The molecule has 1 aliphatic rings. The number of rotatable bonds is 4. The van der Waals surface area contributed by atoms with E-state index in [1.807, 2.05) is 0 Å². The first kappa shape index (κ1) is 14.2. The summed E-state index contributed by atoms with van der Waals surface area (Å²) >= 11 is 0.